The highest BCUT2D eigenvalue weighted by Crippen LogP contribution is 2.36. The molecule has 0 bridgehead atoms. The number of likely N-dealkylation sites (tertiary alicyclic amines) is 1. The van der Waals surface area contributed by atoms with Crippen molar-refractivity contribution < 1.29 is 19.1 Å². The topological polar surface area (TPSA) is 72.0 Å². The number of rotatable bonds is 6. The van der Waals surface area contributed by atoms with Gasteiger partial charge >= 0.3 is 12.2 Å². The van der Waals surface area contributed by atoms with Crippen LogP contribution in [0.1, 0.15) is 70.5 Å². The van der Waals surface area contributed by atoms with Crippen molar-refractivity contribution in [1.29, 1.82) is 0 Å². The highest BCUT2D eigenvalue weighted by Gasteiger charge is 2.34. The Morgan fingerprint density at radius 3 is 2.58 bits per heavy atom. The van der Waals surface area contributed by atoms with Crippen LogP contribution in [0, 0.1) is 0 Å². The van der Waals surface area contributed by atoms with Crippen molar-refractivity contribution in [1.82, 2.24) is 9.88 Å². The van der Waals surface area contributed by atoms with Crippen molar-refractivity contribution >= 4 is 18.0 Å². The smallest absolute Gasteiger partial charge is 0.416 e. The Morgan fingerprint density at radius 2 is 1.88 bits per heavy atom. The van der Waals surface area contributed by atoms with Gasteiger partial charge in [-0.05, 0) is 58.1 Å². The van der Waals surface area contributed by atoms with Crippen molar-refractivity contribution in [2.75, 3.05) is 18.0 Å². The van der Waals surface area contributed by atoms with Gasteiger partial charge in [0.1, 0.15) is 18.0 Å². The second-order valence-corrected chi connectivity index (χ2v) is 9.29. The van der Waals surface area contributed by atoms with Crippen molar-refractivity contribution in [2.24, 2.45) is 0 Å². The molecule has 3 rings (SSSR count). The van der Waals surface area contributed by atoms with Crippen LogP contribution in [0.5, 0.6) is 0 Å². The molecule has 1 aliphatic rings. The van der Waals surface area contributed by atoms with E-state index in [-0.39, 0.29) is 18.7 Å². The highest BCUT2D eigenvalue weighted by molar-refractivity contribution is 5.87. The minimum absolute atomic E-state index is 0.215. The number of piperidine rings is 1. The van der Waals surface area contributed by atoms with E-state index in [2.05, 4.69) is 4.98 Å². The molecule has 2 amide bonds. The van der Waals surface area contributed by atoms with E-state index in [4.69, 9.17) is 9.47 Å². The van der Waals surface area contributed by atoms with Crippen LogP contribution in [-0.2, 0) is 16.1 Å². The first kappa shape index (κ1) is 24.6. The molecule has 1 aromatic carbocycles. The SMILES string of the molecule is CCCN(C(=O)OC(C)(C)C)c1ncccc1[C@H]1CCCCN1C(=O)OCc1ccccc1. The van der Waals surface area contributed by atoms with Crippen LogP contribution in [0.3, 0.4) is 0 Å². The van der Waals surface area contributed by atoms with Gasteiger partial charge in [0.15, 0.2) is 0 Å². The van der Waals surface area contributed by atoms with Gasteiger partial charge in [0.05, 0.1) is 6.04 Å². The molecule has 33 heavy (non-hydrogen) atoms. The second-order valence-electron chi connectivity index (χ2n) is 9.29. The van der Waals surface area contributed by atoms with Gasteiger partial charge in [0, 0.05) is 24.8 Å². The van der Waals surface area contributed by atoms with Crippen LogP contribution in [0.25, 0.3) is 0 Å². The standard InChI is InChI=1S/C26H35N3O4/c1-5-17-29(25(31)33-26(2,3)4)23-21(14-11-16-27-23)22-15-9-10-18-28(22)24(30)32-19-20-12-7-6-8-13-20/h6-8,11-14,16,22H,5,9-10,15,17-19H2,1-4H3/t22-/m1/s1. The molecule has 0 radical (unpaired) electrons. The molecule has 178 valence electrons. The molecule has 0 N–H and O–H groups in total. The first-order valence-corrected chi connectivity index (χ1v) is 11.7. The molecule has 2 heterocycles. The molecule has 0 unspecified atom stereocenters. The van der Waals surface area contributed by atoms with E-state index < -0.39 is 11.7 Å². The maximum absolute atomic E-state index is 13.1. The van der Waals surface area contributed by atoms with Gasteiger partial charge in [0.2, 0.25) is 0 Å². The fourth-order valence-corrected chi connectivity index (χ4v) is 3.99. The van der Waals surface area contributed by atoms with Gasteiger partial charge in [-0.3, -0.25) is 4.90 Å². The predicted molar refractivity (Wildman–Crippen MR) is 128 cm³/mol. The minimum atomic E-state index is -0.615. The van der Waals surface area contributed by atoms with Crippen LogP contribution >= 0.6 is 0 Å². The lowest BCUT2D eigenvalue weighted by atomic mass is 9.95. The Morgan fingerprint density at radius 1 is 1.12 bits per heavy atom. The summed E-state index contributed by atoms with van der Waals surface area (Å²) in [5, 5.41) is 0. The third-order valence-corrected chi connectivity index (χ3v) is 5.44. The van der Waals surface area contributed by atoms with Gasteiger partial charge < -0.3 is 14.4 Å². The van der Waals surface area contributed by atoms with Gasteiger partial charge in [0.25, 0.3) is 0 Å². The Bertz CT molecular complexity index is 927. The summed E-state index contributed by atoms with van der Waals surface area (Å²) in [4.78, 5) is 34.0. The van der Waals surface area contributed by atoms with Gasteiger partial charge in [-0.15, -0.1) is 0 Å². The number of nitrogens with zero attached hydrogens (tertiary/aromatic N) is 3. The quantitative estimate of drug-likeness (QED) is 0.529. The zero-order valence-electron chi connectivity index (χ0n) is 20.1. The van der Waals surface area contributed by atoms with Gasteiger partial charge in [-0.25, -0.2) is 14.6 Å². The minimum Gasteiger partial charge on any atom is -0.445 e. The molecule has 1 aromatic heterocycles. The van der Waals surface area contributed by atoms with Crippen LogP contribution in [-0.4, -0.2) is 40.8 Å². The summed E-state index contributed by atoms with van der Waals surface area (Å²) in [5.41, 5.74) is 1.17. The van der Waals surface area contributed by atoms with Crippen molar-refractivity contribution in [3.05, 3.63) is 59.8 Å². The Kier molecular flexibility index (Phi) is 8.31. The van der Waals surface area contributed by atoms with E-state index in [1.165, 1.54) is 0 Å². The van der Waals surface area contributed by atoms with Gasteiger partial charge in [-0.1, -0.05) is 43.3 Å². The summed E-state index contributed by atoms with van der Waals surface area (Å²) in [6, 6.07) is 13.2. The Balaban J connectivity index is 1.85. The zero-order valence-corrected chi connectivity index (χ0v) is 20.1. The second kappa shape index (κ2) is 11.2. The van der Waals surface area contributed by atoms with Crippen LogP contribution in [0.4, 0.5) is 15.4 Å². The molecular weight excluding hydrogens is 418 g/mol. The van der Waals surface area contributed by atoms with E-state index >= 15 is 0 Å². The predicted octanol–water partition coefficient (Wildman–Crippen LogP) is 6.10. The summed E-state index contributed by atoms with van der Waals surface area (Å²) in [7, 11) is 0. The summed E-state index contributed by atoms with van der Waals surface area (Å²) >= 11 is 0. The van der Waals surface area contributed by atoms with E-state index in [0.717, 1.165) is 36.8 Å². The molecular formula is C26H35N3O4. The summed E-state index contributed by atoms with van der Waals surface area (Å²) in [5.74, 6) is 0.543. The van der Waals surface area contributed by atoms with Crippen LogP contribution < -0.4 is 4.90 Å². The first-order valence-electron chi connectivity index (χ1n) is 11.7. The molecule has 7 nitrogen and oxygen atoms in total. The number of carbonyl (C=O) groups excluding carboxylic acids is 2. The van der Waals surface area contributed by atoms with E-state index in [9.17, 15) is 9.59 Å². The summed E-state index contributed by atoms with van der Waals surface area (Å²) in [6.07, 6.45) is 4.33. The zero-order chi connectivity index (χ0) is 23.8. The lowest BCUT2D eigenvalue weighted by Crippen LogP contribution is -2.41. The molecule has 0 spiro atoms. The van der Waals surface area contributed by atoms with Crippen LogP contribution in [0.2, 0.25) is 0 Å². The maximum Gasteiger partial charge on any atom is 0.416 e. The third-order valence-electron chi connectivity index (χ3n) is 5.44. The molecule has 7 heteroatoms. The number of hydrogen-bond donors (Lipinski definition) is 0. The summed E-state index contributed by atoms with van der Waals surface area (Å²) in [6.45, 7) is 8.85. The fourth-order valence-electron chi connectivity index (χ4n) is 3.99. The maximum atomic E-state index is 13.1. The number of pyridine rings is 1. The molecule has 1 aliphatic heterocycles. The van der Waals surface area contributed by atoms with Gasteiger partial charge in [-0.2, -0.15) is 0 Å². The Labute approximate surface area is 196 Å². The highest BCUT2D eigenvalue weighted by atomic mass is 16.6. The molecule has 1 saturated heterocycles. The molecule has 0 aliphatic carbocycles. The average Bonchev–Trinajstić information content (AvgIpc) is 2.80. The van der Waals surface area contributed by atoms with E-state index in [0.29, 0.717) is 18.9 Å². The first-order chi connectivity index (χ1) is 15.8. The average molecular weight is 454 g/mol. The number of hydrogen-bond acceptors (Lipinski definition) is 5. The van der Waals surface area contributed by atoms with Crippen molar-refractivity contribution in [2.45, 2.75) is 71.6 Å². The molecule has 2 aromatic rings. The van der Waals surface area contributed by atoms with E-state index in [1.807, 2.05) is 70.2 Å². The molecule has 1 atom stereocenters. The number of ether oxygens (including phenoxy) is 2. The number of carbonyl (C=O) groups is 2. The lowest BCUT2D eigenvalue weighted by Gasteiger charge is -2.37. The number of aromatic nitrogens is 1. The largest absolute Gasteiger partial charge is 0.445 e. The monoisotopic (exact) mass is 453 g/mol. The Hall–Kier alpha value is -3.09. The molecule has 1 fully saturated rings. The fraction of sp³-hybridized carbons (Fsp3) is 0.500. The number of anilines is 1. The normalized spacial score (nSPS) is 16.2. The lowest BCUT2D eigenvalue weighted by molar-refractivity contribution is 0.0577. The molecule has 0 saturated carbocycles. The van der Waals surface area contributed by atoms with Crippen LogP contribution in [0.15, 0.2) is 48.7 Å². The number of benzene rings is 1. The number of amides is 2. The van der Waals surface area contributed by atoms with Crippen molar-refractivity contribution in [3.8, 4) is 0 Å². The van der Waals surface area contributed by atoms with E-state index in [1.54, 1.807) is 16.0 Å². The van der Waals surface area contributed by atoms with Crippen molar-refractivity contribution in [3.63, 3.8) is 0 Å². The third kappa shape index (κ3) is 6.70. The summed E-state index contributed by atoms with van der Waals surface area (Å²) < 4.78 is 11.3.